The second-order valence-corrected chi connectivity index (χ2v) is 6.57. The van der Waals surface area contributed by atoms with Gasteiger partial charge >= 0.3 is 0 Å². The Hall–Kier alpha value is -3.28. The number of rotatable bonds is 5. The molecule has 0 saturated heterocycles. The third kappa shape index (κ3) is 4.17. The lowest BCUT2D eigenvalue weighted by Gasteiger charge is -2.05. The number of furan rings is 1. The van der Waals surface area contributed by atoms with Crippen LogP contribution in [-0.4, -0.2) is 11.0 Å². The minimum absolute atomic E-state index is 0.185. The predicted octanol–water partition coefficient (Wildman–Crippen LogP) is 5.72. The van der Waals surface area contributed by atoms with Gasteiger partial charge in [-0.05, 0) is 42.0 Å². The molecule has 6 heteroatoms. The van der Waals surface area contributed by atoms with Gasteiger partial charge in [-0.2, -0.15) is 0 Å². The lowest BCUT2D eigenvalue weighted by Crippen LogP contribution is -2.19. The van der Waals surface area contributed by atoms with Gasteiger partial charge in [0.2, 0.25) is 0 Å². The Kier molecular flexibility index (Phi) is 5.28. The van der Waals surface area contributed by atoms with Crippen LogP contribution < -0.4 is 10.2 Å². The van der Waals surface area contributed by atoms with E-state index in [0.717, 1.165) is 10.9 Å². The number of hydroxylamine groups is 1. The molecule has 0 amide bonds. The zero-order valence-electron chi connectivity index (χ0n) is 14.8. The monoisotopic (exact) mass is 392 g/mol. The van der Waals surface area contributed by atoms with Crippen LogP contribution in [0.2, 0.25) is 5.02 Å². The Balaban J connectivity index is 1.58. The van der Waals surface area contributed by atoms with Gasteiger partial charge < -0.3 is 9.15 Å². The van der Waals surface area contributed by atoms with Gasteiger partial charge in [0.15, 0.2) is 11.6 Å². The van der Waals surface area contributed by atoms with E-state index >= 15 is 0 Å². The lowest BCUT2D eigenvalue weighted by molar-refractivity contribution is 0.233. The summed E-state index contributed by atoms with van der Waals surface area (Å²) in [5.41, 5.74) is 4.40. The Labute approximate surface area is 166 Å². The predicted molar refractivity (Wildman–Crippen MR) is 110 cm³/mol. The summed E-state index contributed by atoms with van der Waals surface area (Å²) in [5.74, 6) is 1.28. The largest absolute Gasteiger partial charge is 0.489 e. The SMILES string of the molecule is ONC(=Nc1cccc(Cl)c1)c1cc2ccc(OCc3ccccc3)cc2o1. The van der Waals surface area contributed by atoms with Crippen LogP contribution in [0.1, 0.15) is 11.3 Å². The minimum Gasteiger partial charge on any atom is -0.489 e. The average Bonchev–Trinajstić information content (AvgIpc) is 3.14. The maximum Gasteiger partial charge on any atom is 0.193 e. The van der Waals surface area contributed by atoms with Crippen molar-refractivity contribution in [2.75, 3.05) is 0 Å². The third-order valence-electron chi connectivity index (χ3n) is 4.13. The van der Waals surface area contributed by atoms with E-state index in [9.17, 15) is 5.21 Å². The third-order valence-corrected chi connectivity index (χ3v) is 4.36. The fraction of sp³-hybridized carbons (Fsp3) is 0.0455. The molecular formula is C22H17ClN2O3. The number of benzene rings is 3. The molecule has 3 aromatic carbocycles. The first kappa shape index (κ1) is 18.1. The maximum atomic E-state index is 9.50. The van der Waals surface area contributed by atoms with Crippen LogP contribution >= 0.6 is 11.6 Å². The summed E-state index contributed by atoms with van der Waals surface area (Å²) in [4.78, 5) is 4.35. The van der Waals surface area contributed by atoms with Crippen molar-refractivity contribution in [1.82, 2.24) is 5.48 Å². The number of nitrogens with one attached hydrogen (secondary N) is 1. The van der Waals surface area contributed by atoms with E-state index in [1.807, 2.05) is 48.5 Å². The molecule has 0 fully saturated rings. The summed E-state index contributed by atoms with van der Waals surface area (Å²) < 4.78 is 11.7. The standard InChI is InChI=1S/C22H17ClN2O3/c23-17-7-4-8-18(12-17)24-22(25-26)21-11-16-9-10-19(13-20(16)28-21)27-14-15-5-2-1-3-6-15/h1-13,26H,14H2,(H,24,25). The highest BCUT2D eigenvalue weighted by molar-refractivity contribution is 6.30. The van der Waals surface area contributed by atoms with E-state index in [1.54, 1.807) is 30.3 Å². The summed E-state index contributed by atoms with van der Waals surface area (Å²) in [6, 6.07) is 24.3. The van der Waals surface area contributed by atoms with Crippen molar-refractivity contribution in [3.8, 4) is 5.75 Å². The zero-order valence-corrected chi connectivity index (χ0v) is 15.6. The molecule has 0 radical (unpaired) electrons. The molecule has 1 aromatic heterocycles. The second-order valence-electron chi connectivity index (χ2n) is 6.14. The van der Waals surface area contributed by atoms with Crippen molar-refractivity contribution in [2.24, 2.45) is 4.99 Å². The van der Waals surface area contributed by atoms with Gasteiger partial charge in [-0.1, -0.05) is 48.0 Å². The van der Waals surface area contributed by atoms with Crippen molar-refractivity contribution in [1.29, 1.82) is 0 Å². The molecule has 5 nitrogen and oxygen atoms in total. The molecule has 4 aromatic rings. The summed E-state index contributed by atoms with van der Waals surface area (Å²) in [6.45, 7) is 0.472. The van der Waals surface area contributed by atoms with Crippen molar-refractivity contribution >= 4 is 34.1 Å². The van der Waals surface area contributed by atoms with Crippen molar-refractivity contribution in [3.63, 3.8) is 0 Å². The van der Waals surface area contributed by atoms with Crippen LogP contribution in [0, 0.1) is 0 Å². The summed E-state index contributed by atoms with van der Waals surface area (Å²) in [6.07, 6.45) is 0. The van der Waals surface area contributed by atoms with Gasteiger partial charge in [-0.25, -0.2) is 10.5 Å². The normalized spacial score (nSPS) is 11.6. The highest BCUT2D eigenvalue weighted by Gasteiger charge is 2.11. The highest BCUT2D eigenvalue weighted by atomic mass is 35.5. The molecule has 140 valence electrons. The zero-order chi connectivity index (χ0) is 19.3. The van der Waals surface area contributed by atoms with Crippen LogP contribution in [0.25, 0.3) is 11.0 Å². The summed E-state index contributed by atoms with van der Waals surface area (Å²) >= 11 is 5.98. The number of amidine groups is 1. The number of fused-ring (bicyclic) bond motifs is 1. The summed E-state index contributed by atoms with van der Waals surface area (Å²) in [5, 5.41) is 10.9. The molecule has 0 spiro atoms. The van der Waals surface area contributed by atoms with Crippen molar-refractivity contribution < 1.29 is 14.4 Å². The number of nitrogens with zero attached hydrogens (tertiary/aromatic N) is 1. The van der Waals surface area contributed by atoms with Crippen LogP contribution in [0.15, 0.2) is 88.3 Å². The molecule has 2 N–H and O–H groups in total. The van der Waals surface area contributed by atoms with E-state index in [4.69, 9.17) is 20.8 Å². The second kappa shape index (κ2) is 8.17. The van der Waals surface area contributed by atoms with Crippen molar-refractivity contribution in [2.45, 2.75) is 6.61 Å². The van der Waals surface area contributed by atoms with Crippen LogP contribution in [-0.2, 0) is 6.61 Å². The molecule has 0 aliphatic rings. The lowest BCUT2D eigenvalue weighted by atomic mass is 10.2. The minimum atomic E-state index is 0.185. The molecule has 4 rings (SSSR count). The number of hydrogen-bond acceptors (Lipinski definition) is 4. The first-order chi connectivity index (χ1) is 13.7. The molecule has 0 aliphatic carbocycles. The van der Waals surface area contributed by atoms with Gasteiger partial charge in [-0.3, -0.25) is 5.21 Å². The highest BCUT2D eigenvalue weighted by Crippen LogP contribution is 2.26. The Morgan fingerprint density at radius 2 is 1.86 bits per heavy atom. The average molecular weight is 393 g/mol. The Bertz CT molecular complexity index is 1120. The van der Waals surface area contributed by atoms with Gasteiger partial charge in [0.05, 0.1) is 5.69 Å². The molecule has 0 atom stereocenters. The van der Waals surface area contributed by atoms with Crippen LogP contribution in [0.3, 0.4) is 0 Å². The van der Waals surface area contributed by atoms with E-state index in [0.29, 0.717) is 34.4 Å². The smallest absolute Gasteiger partial charge is 0.193 e. The van der Waals surface area contributed by atoms with Gasteiger partial charge in [-0.15, -0.1) is 0 Å². The van der Waals surface area contributed by atoms with E-state index in [2.05, 4.69) is 10.5 Å². The fourth-order valence-electron chi connectivity index (χ4n) is 2.77. The molecular weight excluding hydrogens is 376 g/mol. The number of halogens is 1. The van der Waals surface area contributed by atoms with Gasteiger partial charge in [0.25, 0.3) is 0 Å². The molecule has 0 bridgehead atoms. The van der Waals surface area contributed by atoms with E-state index < -0.39 is 0 Å². The van der Waals surface area contributed by atoms with Crippen LogP contribution in [0.5, 0.6) is 5.75 Å². The van der Waals surface area contributed by atoms with Crippen molar-refractivity contribution in [3.05, 3.63) is 95.2 Å². The molecule has 28 heavy (non-hydrogen) atoms. The number of aliphatic imine (C=N–C) groups is 1. The molecule has 0 saturated carbocycles. The maximum absolute atomic E-state index is 9.50. The molecule has 1 heterocycles. The summed E-state index contributed by atoms with van der Waals surface area (Å²) in [7, 11) is 0. The topological polar surface area (TPSA) is 67.0 Å². The van der Waals surface area contributed by atoms with Gasteiger partial charge in [0, 0.05) is 16.5 Å². The first-order valence-electron chi connectivity index (χ1n) is 8.66. The quantitative estimate of drug-likeness (QED) is 0.259. The Morgan fingerprint density at radius 1 is 1.00 bits per heavy atom. The first-order valence-corrected chi connectivity index (χ1v) is 9.04. The number of hydrogen-bond donors (Lipinski definition) is 2. The molecule has 0 aliphatic heterocycles. The van der Waals surface area contributed by atoms with E-state index in [1.165, 1.54) is 0 Å². The Morgan fingerprint density at radius 3 is 2.64 bits per heavy atom. The fourth-order valence-corrected chi connectivity index (χ4v) is 2.95. The van der Waals surface area contributed by atoms with E-state index in [-0.39, 0.29) is 5.84 Å². The van der Waals surface area contributed by atoms with Gasteiger partial charge in [0.1, 0.15) is 17.9 Å². The number of ether oxygens (including phenoxy) is 1. The molecule has 0 unspecified atom stereocenters. The van der Waals surface area contributed by atoms with Crippen LogP contribution in [0.4, 0.5) is 5.69 Å².